The molecule has 0 bridgehead atoms. The molecule has 7 nitrogen and oxygen atoms in total. The van der Waals surface area contributed by atoms with Gasteiger partial charge in [-0.1, -0.05) is 30.3 Å². The highest BCUT2D eigenvalue weighted by molar-refractivity contribution is 5.87. The number of carbonyl (C=O) groups excluding carboxylic acids is 1. The minimum atomic E-state index is -1.56. The van der Waals surface area contributed by atoms with Crippen LogP contribution >= 0.6 is 0 Å². The number of aryl methyl sites for hydroxylation is 1. The Hall–Kier alpha value is -3.35. The first-order valence-electron chi connectivity index (χ1n) is 8.96. The van der Waals surface area contributed by atoms with Gasteiger partial charge in [0.1, 0.15) is 5.75 Å². The Morgan fingerprint density at radius 2 is 1.86 bits per heavy atom. The van der Waals surface area contributed by atoms with Gasteiger partial charge in [0.2, 0.25) is 0 Å². The molecule has 0 radical (unpaired) electrons. The summed E-state index contributed by atoms with van der Waals surface area (Å²) in [5.74, 6) is -1.01. The zero-order valence-corrected chi connectivity index (χ0v) is 16.0. The van der Waals surface area contributed by atoms with E-state index in [1.54, 1.807) is 38.3 Å². The van der Waals surface area contributed by atoms with E-state index >= 15 is 0 Å². The van der Waals surface area contributed by atoms with Crippen molar-refractivity contribution in [2.75, 3.05) is 13.7 Å². The van der Waals surface area contributed by atoms with Crippen LogP contribution in [0.15, 0.2) is 54.7 Å². The van der Waals surface area contributed by atoms with E-state index in [1.165, 1.54) is 0 Å². The molecule has 7 heteroatoms. The van der Waals surface area contributed by atoms with Crippen molar-refractivity contribution in [3.8, 4) is 5.75 Å². The van der Waals surface area contributed by atoms with Crippen molar-refractivity contribution < 1.29 is 19.2 Å². The van der Waals surface area contributed by atoms with E-state index in [0.717, 1.165) is 10.9 Å². The highest BCUT2D eigenvalue weighted by Crippen LogP contribution is 2.36. The third kappa shape index (κ3) is 3.55. The number of rotatable bonds is 7. The summed E-state index contributed by atoms with van der Waals surface area (Å²) in [6, 6.07) is 13.0. The first-order chi connectivity index (χ1) is 13.5. The van der Waals surface area contributed by atoms with Gasteiger partial charge in [-0.3, -0.25) is 10.1 Å². The van der Waals surface area contributed by atoms with Crippen molar-refractivity contribution in [2.24, 2.45) is 7.05 Å². The van der Waals surface area contributed by atoms with Crippen LogP contribution in [0, 0.1) is 10.1 Å². The summed E-state index contributed by atoms with van der Waals surface area (Å²) in [6.45, 7) is 1.71. The Bertz CT molecular complexity index is 994. The Balaban J connectivity index is 2.23. The summed E-state index contributed by atoms with van der Waals surface area (Å²) >= 11 is 0. The van der Waals surface area contributed by atoms with Gasteiger partial charge in [-0.05, 0) is 36.2 Å². The maximum Gasteiger partial charge on any atom is 0.382 e. The molecule has 0 aliphatic heterocycles. The SMILES string of the molecule is CCOC(=O)C(C(c1ccc(OC)cc1)c1cn(C)c2ccccc12)[N+](=O)[O-]. The third-order valence-corrected chi connectivity index (χ3v) is 4.81. The predicted octanol–water partition coefficient (Wildman–Crippen LogP) is 3.53. The van der Waals surface area contributed by atoms with Crippen molar-refractivity contribution in [3.05, 3.63) is 76.0 Å². The number of para-hydroxylation sites is 1. The number of methoxy groups -OCH3 is 1. The molecule has 0 saturated carbocycles. The third-order valence-electron chi connectivity index (χ3n) is 4.81. The minimum Gasteiger partial charge on any atom is -0.497 e. The number of nitrogens with zero attached hydrogens (tertiary/aromatic N) is 2. The summed E-state index contributed by atoms with van der Waals surface area (Å²) < 4.78 is 12.1. The summed E-state index contributed by atoms with van der Waals surface area (Å²) in [7, 11) is 3.43. The van der Waals surface area contributed by atoms with Crippen LogP contribution in [-0.2, 0) is 16.6 Å². The van der Waals surface area contributed by atoms with Crippen LogP contribution in [0.1, 0.15) is 24.0 Å². The molecule has 28 heavy (non-hydrogen) atoms. The topological polar surface area (TPSA) is 83.6 Å². The summed E-state index contributed by atoms with van der Waals surface area (Å²) in [5, 5.41) is 12.8. The highest BCUT2D eigenvalue weighted by atomic mass is 16.6. The number of esters is 1. The van der Waals surface area contributed by atoms with Gasteiger partial charge in [0.15, 0.2) is 0 Å². The zero-order chi connectivity index (χ0) is 20.3. The minimum absolute atomic E-state index is 0.0774. The van der Waals surface area contributed by atoms with Gasteiger partial charge in [-0.25, -0.2) is 4.79 Å². The molecule has 2 unspecified atom stereocenters. The number of aromatic nitrogens is 1. The van der Waals surface area contributed by atoms with Crippen LogP contribution in [0.25, 0.3) is 10.9 Å². The molecule has 1 aromatic heterocycles. The largest absolute Gasteiger partial charge is 0.497 e. The van der Waals surface area contributed by atoms with Crippen LogP contribution in [-0.4, -0.2) is 35.2 Å². The van der Waals surface area contributed by atoms with Gasteiger partial charge < -0.3 is 14.0 Å². The van der Waals surface area contributed by atoms with Gasteiger partial charge in [0.25, 0.3) is 0 Å². The maximum absolute atomic E-state index is 12.5. The van der Waals surface area contributed by atoms with Gasteiger partial charge in [0, 0.05) is 29.1 Å². The van der Waals surface area contributed by atoms with Crippen LogP contribution in [0.4, 0.5) is 0 Å². The molecule has 0 amide bonds. The van der Waals surface area contributed by atoms with Gasteiger partial charge >= 0.3 is 12.0 Å². The molecule has 0 aliphatic rings. The van der Waals surface area contributed by atoms with E-state index in [9.17, 15) is 14.9 Å². The van der Waals surface area contributed by atoms with Crippen LogP contribution in [0.2, 0.25) is 0 Å². The highest BCUT2D eigenvalue weighted by Gasteiger charge is 2.43. The van der Waals surface area contributed by atoms with E-state index in [-0.39, 0.29) is 6.61 Å². The number of carbonyl (C=O) groups is 1. The number of fused-ring (bicyclic) bond motifs is 1. The predicted molar refractivity (Wildman–Crippen MR) is 105 cm³/mol. The Kier molecular flexibility index (Phi) is 5.63. The molecule has 1 heterocycles. The normalized spacial score (nSPS) is 13.1. The Labute approximate surface area is 162 Å². The lowest BCUT2D eigenvalue weighted by atomic mass is 9.85. The summed E-state index contributed by atoms with van der Waals surface area (Å²) in [5.41, 5.74) is 2.28. The lowest BCUT2D eigenvalue weighted by molar-refractivity contribution is -0.513. The molecule has 2 atom stereocenters. The fourth-order valence-corrected chi connectivity index (χ4v) is 3.54. The standard InChI is InChI=1S/C21H22N2O5/c1-4-28-21(24)20(23(25)26)19(14-9-11-15(27-3)12-10-14)17-13-22(2)18-8-6-5-7-16(17)18/h5-13,19-20H,4H2,1-3H3. The molecule has 0 saturated heterocycles. The first kappa shape index (κ1) is 19.4. The van der Waals surface area contributed by atoms with Gasteiger partial charge in [-0.2, -0.15) is 0 Å². The van der Waals surface area contributed by atoms with E-state index in [4.69, 9.17) is 9.47 Å². The lowest BCUT2D eigenvalue weighted by Crippen LogP contribution is -2.37. The second-order valence-corrected chi connectivity index (χ2v) is 6.45. The monoisotopic (exact) mass is 382 g/mol. The van der Waals surface area contributed by atoms with Crippen molar-refractivity contribution >= 4 is 16.9 Å². The molecule has 0 fully saturated rings. The number of hydrogen-bond acceptors (Lipinski definition) is 5. The smallest absolute Gasteiger partial charge is 0.382 e. The van der Waals surface area contributed by atoms with Crippen LogP contribution in [0.5, 0.6) is 5.75 Å². The molecule has 3 aromatic rings. The quantitative estimate of drug-likeness (QED) is 0.355. The summed E-state index contributed by atoms with van der Waals surface area (Å²) in [6.07, 6.45) is 1.84. The molecule has 0 aliphatic carbocycles. The summed E-state index contributed by atoms with van der Waals surface area (Å²) in [4.78, 5) is 23.9. The van der Waals surface area contributed by atoms with Crippen molar-refractivity contribution in [1.29, 1.82) is 0 Å². The fraction of sp³-hybridized carbons (Fsp3) is 0.286. The van der Waals surface area contributed by atoms with Crippen molar-refractivity contribution in [1.82, 2.24) is 4.57 Å². The van der Waals surface area contributed by atoms with Gasteiger partial charge in [-0.15, -0.1) is 0 Å². The molecule has 0 spiro atoms. The molecule has 3 rings (SSSR count). The number of nitro groups is 1. The van der Waals surface area contributed by atoms with E-state index < -0.39 is 22.9 Å². The fourth-order valence-electron chi connectivity index (χ4n) is 3.54. The number of benzene rings is 2. The molecule has 2 aromatic carbocycles. The van der Waals surface area contributed by atoms with Crippen molar-refractivity contribution in [3.63, 3.8) is 0 Å². The lowest BCUT2D eigenvalue weighted by Gasteiger charge is -2.20. The molecular formula is C21H22N2O5. The van der Waals surface area contributed by atoms with Gasteiger partial charge in [0.05, 0.1) is 19.6 Å². The zero-order valence-electron chi connectivity index (χ0n) is 16.0. The second kappa shape index (κ2) is 8.12. The van der Waals surface area contributed by atoms with E-state index in [1.807, 2.05) is 42.1 Å². The molecule has 0 N–H and O–H groups in total. The first-order valence-corrected chi connectivity index (χ1v) is 8.96. The second-order valence-electron chi connectivity index (χ2n) is 6.45. The molecular weight excluding hydrogens is 360 g/mol. The average molecular weight is 382 g/mol. The van der Waals surface area contributed by atoms with Crippen LogP contribution < -0.4 is 4.74 Å². The number of ether oxygens (including phenoxy) is 2. The maximum atomic E-state index is 12.5. The average Bonchev–Trinajstić information content (AvgIpc) is 3.02. The van der Waals surface area contributed by atoms with Crippen molar-refractivity contribution in [2.45, 2.75) is 18.9 Å². The van der Waals surface area contributed by atoms with Crippen LogP contribution in [0.3, 0.4) is 0 Å². The Morgan fingerprint density at radius 1 is 1.18 bits per heavy atom. The Morgan fingerprint density at radius 3 is 2.46 bits per heavy atom. The van der Waals surface area contributed by atoms with E-state index in [0.29, 0.717) is 16.9 Å². The van der Waals surface area contributed by atoms with E-state index in [2.05, 4.69) is 0 Å². The number of hydrogen-bond donors (Lipinski definition) is 0. The molecule has 146 valence electrons.